The molecule has 1 aromatic carbocycles. The standard InChI is InChI=1S/C16H22N4/c17-19-16(10-13-6-4-5-7-13)14-11-18-20(12-14)15-8-2-1-3-9-15/h1-3,8-9,11-13,16,19H,4-7,10,17H2. The number of rotatable bonds is 5. The zero-order chi connectivity index (χ0) is 13.8. The topological polar surface area (TPSA) is 55.9 Å². The van der Waals surface area contributed by atoms with Gasteiger partial charge >= 0.3 is 0 Å². The first-order valence-electron chi connectivity index (χ1n) is 7.43. The number of nitrogens with one attached hydrogen (secondary N) is 1. The smallest absolute Gasteiger partial charge is 0.0645 e. The lowest BCUT2D eigenvalue weighted by Crippen LogP contribution is -2.29. The minimum Gasteiger partial charge on any atom is -0.271 e. The summed E-state index contributed by atoms with van der Waals surface area (Å²) in [5.74, 6) is 6.55. The van der Waals surface area contributed by atoms with Crippen LogP contribution in [0.25, 0.3) is 5.69 Å². The lowest BCUT2D eigenvalue weighted by molar-refractivity contribution is 0.400. The Kier molecular flexibility index (Phi) is 4.14. The van der Waals surface area contributed by atoms with Gasteiger partial charge in [-0.15, -0.1) is 0 Å². The summed E-state index contributed by atoms with van der Waals surface area (Å²) >= 11 is 0. The molecule has 4 heteroatoms. The number of para-hydroxylation sites is 1. The van der Waals surface area contributed by atoms with E-state index in [1.165, 1.54) is 31.2 Å². The van der Waals surface area contributed by atoms with Crippen molar-refractivity contribution in [1.82, 2.24) is 15.2 Å². The molecule has 4 nitrogen and oxygen atoms in total. The van der Waals surface area contributed by atoms with Crippen molar-refractivity contribution in [2.24, 2.45) is 11.8 Å². The fraction of sp³-hybridized carbons (Fsp3) is 0.438. The van der Waals surface area contributed by atoms with Crippen LogP contribution in [0.15, 0.2) is 42.7 Å². The van der Waals surface area contributed by atoms with Crippen LogP contribution in [0.4, 0.5) is 0 Å². The molecule has 3 rings (SSSR count). The largest absolute Gasteiger partial charge is 0.271 e. The summed E-state index contributed by atoms with van der Waals surface area (Å²) < 4.78 is 1.91. The van der Waals surface area contributed by atoms with Crippen LogP contribution in [0.5, 0.6) is 0 Å². The zero-order valence-electron chi connectivity index (χ0n) is 11.7. The molecule has 1 fully saturated rings. The number of hydrogen-bond acceptors (Lipinski definition) is 3. The van der Waals surface area contributed by atoms with Gasteiger partial charge in [-0.2, -0.15) is 5.10 Å². The highest BCUT2D eigenvalue weighted by atomic mass is 15.3. The van der Waals surface area contributed by atoms with E-state index in [-0.39, 0.29) is 6.04 Å². The summed E-state index contributed by atoms with van der Waals surface area (Å²) in [6.07, 6.45) is 10.5. The number of nitrogens with two attached hydrogens (primary N) is 1. The molecule has 2 aromatic rings. The van der Waals surface area contributed by atoms with Crippen LogP contribution in [0.1, 0.15) is 43.7 Å². The average molecular weight is 270 g/mol. The molecule has 1 aliphatic rings. The van der Waals surface area contributed by atoms with Crippen molar-refractivity contribution in [2.75, 3.05) is 0 Å². The minimum atomic E-state index is 0.204. The fourth-order valence-electron chi connectivity index (χ4n) is 3.12. The molecule has 0 amide bonds. The van der Waals surface area contributed by atoms with Crippen molar-refractivity contribution in [1.29, 1.82) is 0 Å². The Bertz CT molecular complexity index is 528. The van der Waals surface area contributed by atoms with Gasteiger partial charge in [-0.05, 0) is 24.5 Å². The van der Waals surface area contributed by atoms with Gasteiger partial charge in [0.25, 0.3) is 0 Å². The Labute approximate surface area is 120 Å². The summed E-state index contributed by atoms with van der Waals surface area (Å²) in [4.78, 5) is 0. The van der Waals surface area contributed by atoms with Gasteiger partial charge in [0.1, 0.15) is 0 Å². The van der Waals surface area contributed by atoms with Gasteiger partial charge in [0, 0.05) is 17.8 Å². The van der Waals surface area contributed by atoms with Crippen molar-refractivity contribution in [2.45, 2.75) is 38.1 Å². The summed E-state index contributed by atoms with van der Waals surface area (Å²) in [5, 5.41) is 4.45. The molecular formula is C16H22N4. The second kappa shape index (κ2) is 6.20. The van der Waals surface area contributed by atoms with Crippen molar-refractivity contribution < 1.29 is 0 Å². The normalized spacial score (nSPS) is 17.4. The second-order valence-electron chi connectivity index (χ2n) is 5.66. The van der Waals surface area contributed by atoms with Crippen molar-refractivity contribution in [3.63, 3.8) is 0 Å². The predicted octanol–water partition coefficient (Wildman–Crippen LogP) is 2.96. The molecule has 0 aliphatic heterocycles. The van der Waals surface area contributed by atoms with Crippen molar-refractivity contribution in [3.8, 4) is 5.69 Å². The van der Waals surface area contributed by atoms with E-state index in [1.54, 1.807) is 0 Å². The van der Waals surface area contributed by atoms with Crippen LogP contribution in [0.2, 0.25) is 0 Å². The van der Waals surface area contributed by atoms with Gasteiger partial charge < -0.3 is 0 Å². The van der Waals surface area contributed by atoms with Crippen LogP contribution < -0.4 is 11.3 Å². The van der Waals surface area contributed by atoms with Crippen LogP contribution >= 0.6 is 0 Å². The van der Waals surface area contributed by atoms with Crippen LogP contribution in [-0.2, 0) is 0 Å². The molecular weight excluding hydrogens is 248 g/mol. The number of hydrazine groups is 1. The lowest BCUT2D eigenvalue weighted by Gasteiger charge is -2.18. The van der Waals surface area contributed by atoms with E-state index >= 15 is 0 Å². The van der Waals surface area contributed by atoms with E-state index in [2.05, 4.69) is 28.9 Å². The Hall–Kier alpha value is -1.65. The van der Waals surface area contributed by atoms with Crippen LogP contribution in [0.3, 0.4) is 0 Å². The number of nitrogens with zero attached hydrogens (tertiary/aromatic N) is 2. The summed E-state index contributed by atoms with van der Waals surface area (Å²) in [6, 6.07) is 10.4. The molecule has 1 heterocycles. The Morgan fingerprint density at radius 2 is 2.00 bits per heavy atom. The number of benzene rings is 1. The summed E-state index contributed by atoms with van der Waals surface area (Å²) in [7, 11) is 0. The van der Waals surface area contributed by atoms with Crippen LogP contribution in [-0.4, -0.2) is 9.78 Å². The quantitative estimate of drug-likeness (QED) is 0.648. The highest BCUT2D eigenvalue weighted by Gasteiger charge is 2.21. The third kappa shape index (κ3) is 2.92. The molecule has 106 valence electrons. The molecule has 3 N–H and O–H groups in total. The van der Waals surface area contributed by atoms with Gasteiger partial charge in [0.2, 0.25) is 0 Å². The summed E-state index contributed by atoms with van der Waals surface area (Å²) in [5.41, 5.74) is 5.21. The minimum absolute atomic E-state index is 0.204. The van der Waals surface area contributed by atoms with Crippen molar-refractivity contribution in [3.05, 3.63) is 48.3 Å². The molecule has 1 aromatic heterocycles. The van der Waals surface area contributed by atoms with E-state index in [1.807, 2.05) is 29.1 Å². The molecule has 0 bridgehead atoms. The SMILES string of the molecule is NNC(CC1CCCC1)c1cnn(-c2ccccc2)c1. The van der Waals surface area contributed by atoms with Gasteiger partial charge in [-0.25, -0.2) is 4.68 Å². The van der Waals surface area contributed by atoms with E-state index in [0.717, 1.165) is 18.0 Å². The van der Waals surface area contributed by atoms with E-state index in [4.69, 9.17) is 5.84 Å². The van der Waals surface area contributed by atoms with E-state index in [0.29, 0.717) is 0 Å². The van der Waals surface area contributed by atoms with E-state index < -0.39 is 0 Å². The first-order valence-corrected chi connectivity index (χ1v) is 7.43. The Balaban J connectivity index is 1.74. The third-order valence-electron chi connectivity index (χ3n) is 4.27. The number of hydrogen-bond donors (Lipinski definition) is 2. The van der Waals surface area contributed by atoms with Gasteiger partial charge in [0.05, 0.1) is 11.9 Å². The van der Waals surface area contributed by atoms with Gasteiger partial charge in [-0.3, -0.25) is 11.3 Å². The molecule has 0 spiro atoms. The van der Waals surface area contributed by atoms with Gasteiger partial charge in [-0.1, -0.05) is 43.9 Å². The first-order chi connectivity index (χ1) is 9.86. The third-order valence-corrected chi connectivity index (χ3v) is 4.27. The average Bonchev–Trinajstić information content (AvgIpc) is 3.17. The molecule has 0 radical (unpaired) electrons. The van der Waals surface area contributed by atoms with E-state index in [9.17, 15) is 0 Å². The maximum Gasteiger partial charge on any atom is 0.0645 e. The zero-order valence-corrected chi connectivity index (χ0v) is 11.7. The van der Waals surface area contributed by atoms with Crippen molar-refractivity contribution >= 4 is 0 Å². The number of aromatic nitrogens is 2. The Morgan fingerprint density at radius 1 is 1.25 bits per heavy atom. The lowest BCUT2D eigenvalue weighted by atomic mass is 9.96. The summed E-state index contributed by atoms with van der Waals surface area (Å²) in [6.45, 7) is 0. The molecule has 1 atom stereocenters. The molecule has 1 saturated carbocycles. The maximum atomic E-state index is 5.74. The molecule has 0 saturated heterocycles. The second-order valence-corrected chi connectivity index (χ2v) is 5.66. The monoisotopic (exact) mass is 270 g/mol. The predicted molar refractivity (Wildman–Crippen MR) is 80.2 cm³/mol. The molecule has 20 heavy (non-hydrogen) atoms. The highest BCUT2D eigenvalue weighted by Crippen LogP contribution is 2.32. The van der Waals surface area contributed by atoms with Gasteiger partial charge in [0.15, 0.2) is 0 Å². The fourth-order valence-corrected chi connectivity index (χ4v) is 3.12. The van der Waals surface area contributed by atoms with Crippen LogP contribution in [0, 0.1) is 5.92 Å². The highest BCUT2D eigenvalue weighted by molar-refractivity contribution is 5.31. The molecule has 1 unspecified atom stereocenters. The first kappa shape index (κ1) is 13.3. The maximum absolute atomic E-state index is 5.74. The Morgan fingerprint density at radius 3 is 2.70 bits per heavy atom. The molecule has 1 aliphatic carbocycles.